The van der Waals surface area contributed by atoms with Crippen molar-refractivity contribution in [2.45, 2.75) is 33.1 Å². The Balaban J connectivity index is 2.69. The molecule has 0 spiro atoms. The van der Waals surface area contributed by atoms with Gasteiger partial charge in [0.15, 0.2) is 0 Å². The molecule has 3 heteroatoms. The van der Waals surface area contributed by atoms with Crippen LogP contribution >= 0.6 is 0 Å². The van der Waals surface area contributed by atoms with Crippen LogP contribution in [0.25, 0.3) is 0 Å². The molecule has 0 aromatic heterocycles. The van der Waals surface area contributed by atoms with Crippen molar-refractivity contribution in [3.8, 4) is 5.75 Å². The lowest BCUT2D eigenvalue weighted by atomic mass is 9.85. The second-order valence-electron chi connectivity index (χ2n) is 5.52. The summed E-state index contributed by atoms with van der Waals surface area (Å²) >= 11 is 0. The van der Waals surface area contributed by atoms with Crippen LogP contribution in [0, 0.1) is 6.92 Å². The average molecular weight is 251 g/mol. The molecule has 1 aromatic rings. The SMILES string of the molecule is Cc1cccc(C(C)(C)C)c1OCCNCCO. The van der Waals surface area contributed by atoms with Crippen molar-refractivity contribution >= 4 is 0 Å². The van der Waals surface area contributed by atoms with Crippen LogP contribution in [0.1, 0.15) is 31.9 Å². The minimum Gasteiger partial charge on any atom is -0.492 e. The topological polar surface area (TPSA) is 41.5 Å². The maximum atomic E-state index is 8.67. The Hall–Kier alpha value is -1.06. The van der Waals surface area contributed by atoms with E-state index < -0.39 is 0 Å². The molecule has 2 N–H and O–H groups in total. The third-order valence-corrected chi connectivity index (χ3v) is 2.83. The lowest BCUT2D eigenvalue weighted by molar-refractivity contribution is 0.273. The highest BCUT2D eigenvalue weighted by atomic mass is 16.5. The quantitative estimate of drug-likeness (QED) is 0.762. The first-order valence-electron chi connectivity index (χ1n) is 6.51. The number of benzene rings is 1. The van der Waals surface area contributed by atoms with Gasteiger partial charge in [0.25, 0.3) is 0 Å². The summed E-state index contributed by atoms with van der Waals surface area (Å²) in [6, 6.07) is 6.28. The summed E-state index contributed by atoms with van der Waals surface area (Å²) < 4.78 is 5.90. The Morgan fingerprint density at radius 2 is 1.94 bits per heavy atom. The number of para-hydroxylation sites is 1. The zero-order valence-corrected chi connectivity index (χ0v) is 11.9. The fourth-order valence-corrected chi connectivity index (χ4v) is 1.86. The maximum absolute atomic E-state index is 8.67. The molecule has 0 aliphatic heterocycles. The number of ether oxygens (including phenoxy) is 1. The molecular weight excluding hydrogens is 226 g/mol. The summed E-state index contributed by atoms with van der Waals surface area (Å²) in [5, 5.41) is 11.8. The normalized spacial score (nSPS) is 11.6. The average Bonchev–Trinajstić information content (AvgIpc) is 2.29. The number of aliphatic hydroxyl groups is 1. The molecule has 0 fully saturated rings. The van der Waals surface area contributed by atoms with Crippen LogP contribution < -0.4 is 10.1 Å². The minimum absolute atomic E-state index is 0.0832. The fourth-order valence-electron chi connectivity index (χ4n) is 1.86. The lowest BCUT2D eigenvalue weighted by Crippen LogP contribution is -2.25. The first-order valence-corrected chi connectivity index (χ1v) is 6.51. The van der Waals surface area contributed by atoms with Gasteiger partial charge in [-0.25, -0.2) is 0 Å². The molecule has 0 saturated carbocycles. The van der Waals surface area contributed by atoms with Crippen molar-refractivity contribution in [1.29, 1.82) is 0 Å². The van der Waals surface area contributed by atoms with Crippen molar-refractivity contribution < 1.29 is 9.84 Å². The molecule has 3 nitrogen and oxygen atoms in total. The summed E-state index contributed by atoms with van der Waals surface area (Å²) in [5.74, 6) is 0.996. The molecule has 1 aromatic carbocycles. The molecule has 0 aliphatic rings. The Bertz CT molecular complexity index is 369. The van der Waals surface area contributed by atoms with Crippen LogP contribution in [0.2, 0.25) is 0 Å². The van der Waals surface area contributed by atoms with E-state index in [0.29, 0.717) is 13.2 Å². The van der Waals surface area contributed by atoms with Crippen LogP contribution in [0.3, 0.4) is 0 Å². The van der Waals surface area contributed by atoms with E-state index >= 15 is 0 Å². The van der Waals surface area contributed by atoms with E-state index in [0.717, 1.165) is 12.3 Å². The fraction of sp³-hybridized carbons (Fsp3) is 0.600. The lowest BCUT2D eigenvalue weighted by Gasteiger charge is -2.24. The molecule has 0 amide bonds. The summed E-state index contributed by atoms with van der Waals surface area (Å²) in [7, 11) is 0. The molecule has 18 heavy (non-hydrogen) atoms. The number of rotatable bonds is 6. The molecule has 102 valence electrons. The van der Waals surface area contributed by atoms with Gasteiger partial charge in [-0.05, 0) is 23.5 Å². The second-order valence-corrected chi connectivity index (χ2v) is 5.52. The molecule has 0 bridgehead atoms. The number of aryl methyl sites for hydroxylation is 1. The molecule has 0 saturated heterocycles. The predicted octanol–water partition coefficient (Wildman–Crippen LogP) is 2.25. The number of hydrogen-bond donors (Lipinski definition) is 2. The third-order valence-electron chi connectivity index (χ3n) is 2.83. The largest absolute Gasteiger partial charge is 0.492 e. The van der Waals surface area contributed by atoms with E-state index in [1.807, 2.05) is 0 Å². The van der Waals surface area contributed by atoms with Crippen LogP contribution in [0.15, 0.2) is 18.2 Å². The minimum atomic E-state index is 0.0832. The zero-order chi connectivity index (χ0) is 13.6. The molecule has 0 heterocycles. The first-order chi connectivity index (χ1) is 8.46. The monoisotopic (exact) mass is 251 g/mol. The van der Waals surface area contributed by atoms with Gasteiger partial charge >= 0.3 is 0 Å². The van der Waals surface area contributed by atoms with Crippen molar-refractivity contribution in [3.05, 3.63) is 29.3 Å². The van der Waals surface area contributed by atoms with Gasteiger partial charge in [0.2, 0.25) is 0 Å². The van der Waals surface area contributed by atoms with Gasteiger partial charge in [-0.15, -0.1) is 0 Å². The Labute approximate surface area is 110 Å². The number of hydrogen-bond acceptors (Lipinski definition) is 3. The first kappa shape index (κ1) is 15.0. The summed E-state index contributed by atoms with van der Waals surface area (Å²) in [4.78, 5) is 0. The Morgan fingerprint density at radius 1 is 1.22 bits per heavy atom. The van der Waals surface area contributed by atoms with E-state index in [1.165, 1.54) is 11.1 Å². The van der Waals surface area contributed by atoms with Crippen LogP contribution in [0.4, 0.5) is 0 Å². The van der Waals surface area contributed by atoms with Gasteiger partial charge in [-0.3, -0.25) is 0 Å². The van der Waals surface area contributed by atoms with Crippen LogP contribution in [0.5, 0.6) is 5.75 Å². The molecular formula is C15H25NO2. The van der Waals surface area contributed by atoms with E-state index in [1.54, 1.807) is 0 Å². The third kappa shape index (κ3) is 4.31. The van der Waals surface area contributed by atoms with E-state index in [2.05, 4.69) is 51.2 Å². The Kier molecular flexibility index (Phi) is 5.63. The molecule has 0 radical (unpaired) electrons. The second kappa shape index (κ2) is 6.76. The highest BCUT2D eigenvalue weighted by Crippen LogP contribution is 2.33. The highest BCUT2D eigenvalue weighted by Gasteiger charge is 2.19. The van der Waals surface area contributed by atoms with Crippen molar-refractivity contribution in [1.82, 2.24) is 5.32 Å². The van der Waals surface area contributed by atoms with E-state index in [9.17, 15) is 0 Å². The standard InChI is InChI=1S/C15H25NO2/c1-12-6-5-7-13(15(2,3)4)14(12)18-11-9-16-8-10-17/h5-7,16-17H,8-11H2,1-4H3. The molecule has 1 rings (SSSR count). The van der Waals surface area contributed by atoms with Gasteiger partial charge in [0.05, 0.1) is 6.61 Å². The summed E-state index contributed by atoms with van der Waals surface area (Å²) in [5.41, 5.74) is 2.49. The van der Waals surface area contributed by atoms with Crippen LogP contribution in [-0.4, -0.2) is 31.4 Å². The van der Waals surface area contributed by atoms with Crippen LogP contribution in [-0.2, 0) is 5.41 Å². The smallest absolute Gasteiger partial charge is 0.125 e. The van der Waals surface area contributed by atoms with Crippen molar-refractivity contribution in [3.63, 3.8) is 0 Å². The maximum Gasteiger partial charge on any atom is 0.125 e. The number of nitrogens with one attached hydrogen (secondary N) is 1. The van der Waals surface area contributed by atoms with Gasteiger partial charge in [-0.2, -0.15) is 0 Å². The Morgan fingerprint density at radius 3 is 2.56 bits per heavy atom. The van der Waals surface area contributed by atoms with E-state index in [-0.39, 0.29) is 12.0 Å². The number of aliphatic hydroxyl groups excluding tert-OH is 1. The van der Waals surface area contributed by atoms with E-state index in [4.69, 9.17) is 9.84 Å². The van der Waals surface area contributed by atoms with Gasteiger partial charge in [0.1, 0.15) is 12.4 Å². The predicted molar refractivity (Wildman–Crippen MR) is 75.3 cm³/mol. The zero-order valence-electron chi connectivity index (χ0n) is 11.9. The molecule has 0 aliphatic carbocycles. The molecule has 0 unspecified atom stereocenters. The summed E-state index contributed by atoms with van der Waals surface area (Å²) in [6.07, 6.45) is 0. The van der Waals surface area contributed by atoms with Gasteiger partial charge in [0, 0.05) is 13.1 Å². The highest BCUT2D eigenvalue weighted by molar-refractivity contribution is 5.44. The van der Waals surface area contributed by atoms with Gasteiger partial charge in [-0.1, -0.05) is 39.0 Å². The summed E-state index contributed by atoms with van der Waals surface area (Å²) in [6.45, 7) is 10.8. The molecule has 0 atom stereocenters. The van der Waals surface area contributed by atoms with Gasteiger partial charge < -0.3 is 15.2 Å². The van der Waals surface area contributed by atoms with Crippen molar-refractivity contribution in [2.24, 2.45) is 0 Å². The van der Waals surface area contributed by atoms with Crippen molar-refractivity contribution in [2.75, 3.05) is 26.3 Å².